The minimum atomic E-state index is -1.19. The molecule has 0 spiro atoms. The van der Waals surface area contributed by atoms with Crippen molar-refractivity contribution in [1.82, 2.24) is 0 Å². The fourth-order valence-electron chi connectivity index (χ4n) is 3.05. The number of quaternary nitrogens is 1. The van der Waals surface area contributed by atoms with E-state index in [1.807, 2.05) is 54.6 Å². The lowest BCUT2D eigenvalue weighted by molar-refractivity contribution is -0.682. The van der Waals surface area contributed by atoms with Gasteiger partial charge in [-0.25, -0.2) is 4.39 Å². The zero-order valence-electron chi connectivity index (χ0n) is 14.7. The van der Waals surface area contributed by atoms with Crippen LogP contribution in [0, 0.1) is 5.82 Å². The molecule has 0 unspecified atom stereocenters. The maximum absolute atomic E-state index is 13.3. The first kappa shape index (κ1) is 18.1. The smallest absolute Gasteiger partial charge is 0.163 e. The first-order valence-corrected chi connectivity index (χ1v) is 8.60. The van der Waals surface area contributed by atoms with Crippen molar-refractivity contribution >= 4 is 0 Å². The monoisotopic (exact) mass is 352 g/mol. The van der Waals surface area contributed by atoms with Crippen LogP contribution in [-0.4, -0.2) is 18.8 Å². The molecule has 3 nitrogen and oxygen atoms in total. The lowest BCUT2D eigenvalue weighted by Crippen LogP contribution is -2.86. The maximum atomic E-state index is 13.3. The average molecular weight is 352 g/mol. The van der Waals surface area contributed by atoms with Gasteiger partial charge in [0, 0.05) is 5.56 Å². The van der Waals surface area contributed by atoms with Crippen LogP contribution in [0.3, 0.4) is 0 Å². The van der Waals surface area contributed by atoms with E-state index >= 15 is 0 Å². The van der Waals surface area contributed by atoms with Crippen LogP contribution in [0.2, 0.25) is 0 Å². The lowest BCUT2D eigenvalue weighted by Gasteiger charge is -2.27. The minimum Gasteiger partial charge on any atom is -0.497 e. The Labute approximate surface area is 153 Å². The van der Waals surface area contributed by atoms with E-state index in [1.165, 1.54) is 12.1 Å². The summed E-state index contributed by atoms with van der Waals surface area (Å²) < 4.78 is 18.5. The molecular formula is C22H23FNO2+. The summed E-state index contributed by atoms with van der Waals surface area (Å²) in [6.07, 6.45) is 0. The second-order valence-corrected chi connectivity index (χ2v) is 6.28. The minimum absolute atomic E-state index is 0.314. The second kappa shape index (κ2) is 8.13. The molecule has 134 valence electrons. The van der Waals surface area contributed by atoms with Gasteiger partial charge in [0.1, 0.15) is 24.7 Å². The van der Waals surface area contributed by atoms with Gasteiger partial charge < -0.3 is 15.2 Å². The van der Waals surface area contributed by atoms with Crippen LogP contribution in [-0.2, 0) is 12.1 Å². The van der Waals surface area contributed by atoms with Crippen molar-refractivity contribution < 1.29 is 19.6 Å². The third-order valence-corrected chi connectivity index (χ3v) is 4.55. The van der Waals surface area contributed by atoms with Gasteiger partial charge in [-0.05, 0) is 47.5 Å². The molecule has 4 heteroatoms. The third kappa shape index (κ3) is 4.10. The Morgan fingerprint density at radius 1 is 0.885 bits per heavy atom. The highest BCUT2D eigenvalue weighted by Gasteiger charge is 2.33. The molecule has 0 radical (unpaired) electrons. The normalized spacial score (nSPS) is 13.2. The van der Waals surface area contributed by atoms with E-state index in [0.29, 0.717) is 12.1 Å². The third-order valence-electron chi connectivity index (χ3n) is 4.55. The van der Waals surface area contributed by atoms with E-state index in [1.54, 1.807) is 19.2 Å². The van der Waals surface area contributed by atoms with Crippen molar-refractivity contribution in [2.24, 2.45) is 0 Å². The molecule has 3 N–H and O–H groups in total. The van der Waals surface area contributed by atoms with Gasteiger partial charge in [0.25, 0.3) is 0 Å². The van der Waals surface area contributed by atoms with Gasteiger partial charge in [0.05, 0.1) is 7.11 Å². The van der Waals surface area contributed by atoms with Crippen LogP contribution in [0.1, 0.15) is 16.7 Å². The van der Waals surface area contributed by atoms with E-state index in [4.69, 9.17) is 4.74 Å². The first-order valence-electron chi connectivity index (χ1n) is 8.60. The average Bonchev–Trinajstić information content (AvgIpc) is 2.69. The Balaban J connectivity index is 1.78. The summed E-state index contributed by atoms with van der Waals surface area (Å²) in [6.45, 7) is 1.15. The zero-order chi connectivity index (χ0) is 18.4. The van der Waals surface area contributed by atoms with Crippen molar-refractivity contribution in [2.75, 3.05) is 13.7 Å². The molecule has 3 rings (SSSR count). The number of hydrogen-bond donors (Lipinski definition) is 2. The quantitative estimate of drug-likeness (QED) is 0.687. The summed E-state index contributed by atoms with van der Waals surface area (Å²) in [4.78, 5) is 0. The van der Waals surface area contributed by atoms with E-state index in [-0.39, 0.29) is 5.82 Å². The zero-order valence-corrected chi connectivity index (χ0v) is 14.7. The van der Waals surface area contributed by atoms with Crippen molar-refractivity contribution in [2.45, 2.75) is 12.1 Å². The summed E-state index contributed by atoms with van der Waals surface area (Å²) >= 11 is 0. The van der Waals surface area contributed by atoms with E-state index in [0.717, 1.165) is 23.4 Å². The van der Waals surface area contributed by atoms with Crippen molar-refractivity contribution in [1.29, 1.82) is 0 Å². The highest BCUT2D eigenvalue weighted by atomic mass is 19.1. The number of halogens is 1. The summed E-state index contributed by atoms with van der Waals surface area (Å²) in [5, 5.41) is 13.5. The molecule has 0 aliphatic heterocycles. The number of ether oxygens (including phenoxy) is 1. The number of aliphatic hydroxyl groups is 1. The number of benzene rings is 3. The molecule has 0 saturated heterocycles. The highest BCUT2D eigenvalue weighted by molar-refractivity contribution is 5.36. The fourth-order valence-corrected chi connectivity index (χ4v) is 3.05. The van der Waals surface area contributed by atoms with Gasteiger partial charge in [-0.2, -0.15) is 0 Å². The highest BCUT2D eigenvalue weighted by Crippen LogP contribution is 2.28. The molecule has 3 aromatic rings. The standard InChI is InChI=1S/C22H22FNO2/c1-26-21-13-7-17(8-14-21)15-24-16-22(25,18-5-3-2-4-6-18)19-9-11-20(23)12-10-19/h2-14,24-25H,15-16H2,1H3/p+1/t22-/m1/s1. The molecule has 26 heavy (non-hydrogen) atoms. The molecule has 0 aliphatic carbocycles. The molecule has 0 bridgehead atoms. The number of methoxy groups -OCH3 is 1. The molecular weight excluding hydrogens is 329 g/mol. The van der Waals surface area contributed by atoms with Crippen LogP contribution < -0.4 is 10.1 Å². The molecule has 1 atom stereocenters. The summed E-state index contributed by atoms with van der Waals surface area (Å²) in [7, 11) is 1.64. The predicted molar refractivity (Wildman–Crippen MR) is 99.3 cm³/mol. The van der Waals surface area contributed by atoms with Crippen LogP contribution in [0.25, 0.3) is 0 Å². The summed E-state index contributed by atoms with van der Waals surface area (Å²) in [5.74, 6) is 0.507. The molecule has 3 aromatic carbocycles. The Kier molecular flexibility index (Phi) is 5.66. The molecule has 0 fully saturated rings. The Morgan fingerprint density at radius 3 is 2.12 bits per heavy atom. The van der Waals surface area contributed by atoms with Crippen LogP contribution in [0.5, 0.6) is 5.75 Å². The van der Waals surface area contributed by atoms with E-state index in [9.17, 15) is 9.50 Å². The van der Waals surface area contributed by atoms with Gasteiger partial charge in [0.15, 0.2) is 5.60 Å². The molecule has 0 amide bonds. The van der Waals surface area contributed by atoms with Crippen molar-refractivity contribution in [3.8, 4) is 5.75 Å². The lowest BCUT2D eigenvalue weighted by atomic mass is 9.86. The van der Waals surface area contributed by atoms with Crippen LogP contribution in [0.15, 0.2) is 78.9 Å². The number of hydrogen-bond acceptors (Lipinski definition) is 2. The number of rotatable bonds is 7. The van der Waals surface area contributed by atoms with Crippen LogP contribution >= 0.6 is 0 Å². The maximum Gasteiger partial charge on any atom is 0.163 e. The topological polar surface area (TPSA) is 46.1 Å². The SMILES string of the molecule is COc1ccc(C[NH2+]C[C@@](O)(c2ccccc2)c2ccc(F)cc2)cc1. The molecule has 0 saturated carbocycles. The van der Waals surface area contributed by atoms with Gasteiger partial charge in [0.2, 0.25) is 0 Å². The molecule has 0 heterocycles. The second-order valence-electron chi connectivity index (χ2n) is 6.28. The number of nitrogens with two attached hydrogens (primary N) is 1. The van der Waals surface area contributed by atoms with Gasteiger partial charge in [-0.15, -0.1) is 0 Å². The first-order chi connectivity index (χ1) is 12.6. The summed E-state index contributed by atoms with van der Waals surface area (Å²) in [6, 6.07) is 23.4. The largest absolute Gasteiger partial charge is 0.497 e. The Morgan fingerprint density at radius 2 is 1.50 bits per heavy atom. The summed E-state index contributed by atoms with van der Waals surface area (Å²) in [5.41, 5.74) is 1.41. The van der Waals surface area contributed by atoms with Crippen molar-refractivity contribution in [3.63, 3.8) is 0 Å². The van der Waals surface area contributed by atoms with Gasteiger partial charge >= 0.3 is 0 Å². The predicted octanol–water partition coefficient (Wildman–Crippen LogP) is 2.83. The molecule has 0 aliphatic rings. The molecule has 0 aromatic heterocycles. The Bertz CT molecular complexity index is 819. The van der Waals surface area contributed by atoms with E-state index < -0.39 is 5.60 Å². The van der Waals surface area contributed by atoms with Crippen molar-refractivity contribution in [3.05, 3.63) is 101 Å². The van der Waals surface area contributed by atoms with Gasteiger partial charge in [-0.1, -0.05) is 42.5 Å². The van der Waals surface area contributed by atoms with Crippen LogP contribution in [0.4, 0.5) is 4.39 Å². The fraction of sp³-hybridized carbons (Fsp3) is 0.182. The van der Waals surface area contributed by atoms with Gasteiger partial charge in [-0.3, -0.25) is 0 Å². The van der Waals surface area contributed by atoms with E-state index in [2.05, 4.69) is 5.32 Å². The Hall–Kier alpha value is -2.69.